The van der Waals surface area contributed by atoms with Crippen LogP contribution in [0.3, 0.4) is 0 Å². The van der Waals surface area contributed by atoms with Crippen LogP contribution in [0.15, 0.2) is 90.4 Å². The fourth-order valence-corrected chi connectivity index (χ4v) is 5.15. The van der Waals surface area contributed by atoms with Crippen molar-refractivity contribution in [2.45, 2.75) is 0 Å². The minimum absolute atomic E-state index is 0.171. The Morgan fingerprint density at radius 1 is 0.909 bits per heavy atom. The number of amides is 1. The van der Waals surface area contributed by atoms with E-state index in [-0.39, 0.29) is 11.6 Å². The maximum Gasteiger partial charge on any atom is 0.296 e. The third kappa shape index (κ3) is 4.23. The summed E-state index contributed by atoms with van der Waals surface area (Å²) in [7, 11) is 0. The number of rotatable bonds is 3. The van der Waals surface area contributed by atoms with E-state index in [1.165, 1.54) is 0 Å². The highest BCUT2D eigenvalue weighted by atomic mass is 79.9. The smallest absolute Gasteiger partial charge is 0.296 e. The number of carbonyl (C=O) groups is 1. The van der Waals surface area contributed by atoms with Gasteiger partial charge in [-0.1, -0.05) is 62.2 Å². The van der Waals surface area contributed by atoms with Crippen molar-refractivity contribution in [1.29, 1.82) is 0 Å². The number of benzene rings is 3. The Morgan fingerprint density at radius 2 is 1.67 bits per heavy atom. The monoisotopic (exact) mass is 626 g/mol. The molecule has 6 nitrogen and oxygen atoms in total. The van der Waals surface area contributed by atoms with Gasteiger partial charge in [-0.3, -0.25) is 4.79 Å². The lowest BCUT2D eigenvalue weighted by Gasteiger charge is -2.07. The molecular weight excluding hydrogens is 616 g/mol. The van der Waals surface area contributed by atoms with Crippen molar-refractivity contribution >= 4 is 81.2 Å². The van der Waals surface area contributed by atoms with Crippen LogP contribution in [0, 0.1) is 0 Å². The maximum atomic E-state index is 13.2. The van der Waals surface area contributed by atoms with Gasteiger partial charge in [0.05, 0.1) is 22.3 Å². The molecule has 2 aromatic heterocycles. The summed E-state index contributed by atoms with van der Waals surface area (Å²) in [4.78, 5) is 20.7. The van der Waals surface area contributed by atoms with Crippen LogP contribution in [0.5, 0.6) is 5.88 Å². The third-order valence-electron chi connectivity index (χ3n) is 5.11. The number of para-hydroxylation sites is 1. The minimum atomic E-state index is -0.533. The standard InChI is InChI=1S/C24H13Br3N4O2/c25-13-7-5-12(6-8-13)20-11-16(15-3-1-2-4-19(15)28-20)23(32)31-30-22-17-9-14(26)10-18(27)21(17)29-24(22)33/h1-11,29,33H. The Bertz CT molecular complexity index is 1580. The lowest BCUT2D eigenvalue weighted by Crippen LogP contribution is -1.99. The summed E-state index contributed by atoms with van der Waals surface area (Å²) in [5, 5.41) is 19.7. The summed E-state index contributed by atoms with van der Waals surface area (Å²) in [5.74, 6) is -0.703. The summed E-state index contributed by atoms with van der Waals surface area (Å²) in [5.41, 5.74) is 3.43. The minimum Gasteiger partial charge on any atom is -0.493 e. The average Bonchev–Trinajstić information content (AvgIpc) is 3.12. The van der Waals surface area contributed by atoms with Crippen LogP contribution in [0.1, 0.15) is 10.4 Å². The molecule has 0 radical (unpaired) electrons. The van der Waals surface area contributed by atoms with E-state index in [0.717, 1.165) is 19.0 Å². The molecule has 3 aromatic carbocycles. The van der Waals surface area contributed by atoms with Crippen molar-refractivity contribution in [3.05, 3.63) is 85.7 Å². The number of nitrogens with one attached hydrogen (secondary N) is 1. The van der Waals surface area contributed by atoms with Crippen LogP contribution in [-0.2, 0) is 0 Å². The first-order valence-electron chi connectivity index (χ1n) is 9.72. The molecule has 0 fully saturated rings. The fraction of sp³-hybridized carbons (Fsp3) is 0. The number of nitrogens with zero attached hydrogens (tertiary/aromatic N) is 3. The number of hydrogen-bond acceptors (Lipinski definition) is 4. The van der Waals surface area contributed by atoms with Gasteiger partial charge in [-0.15, -0.1) is 10.2 Å². The van der Waals surface area contributed by atoms with E-state index in [0.29, 0.717) is 33.1 Å². The molecule has 33 heavy (non-hydrogen) atoms. The number of hydrogen-bond donors (Lipinski definition) is 2. The van der Waals surface area contributed by atoms with Crippen LogP contribution in [0.25, 0.3) is 33.1 Å². The number of carbonyl (C=O) groups excluding carboxylic acids is 1. The van der Waals surface area contributed by atoms with Crippen molar-refractivity contribution in [2.75, 3.05) is 0 Å². The summed E-state index contributed by atoms with van der Waals surface area (Å²) in [6, 6.07) is 20.4. The number of halogens is 3. The Balaban J connectivity index is 1.60. The summed E-state index contributed by atoms with van der Waals surface area (Å²) in [6.07, 6.45) is 0. The van der Waals surface area contributed by atoms with E-state index in [1.807, 2.05) is 54.6 Å². The van der Waals surface area contributed by atoms with E-state index < -0.39 is 5.91 Å². The topological polar surface area (TPSA) is 90.7 Å². The van der Waals surface area contributed by atoms with Crippen LogP contribution in [0.4, 0.5) is 5.69 Å². The number of aromatic amines is 1. The highest BCUT2D eigenvalue weighted by Crippen LogP contribution is 2.40. The van der Waals surface area contributed by atoms with E-state index in [9.17, 15) is 9.90 Å². The fourth-order valence-electron chi connectivity index (χ4n) is 3.56. The van der Waals surface area contributed by atoms with Gasteiger partial charge in [-0.2, -0.15) is 0 Å². The van der Waals surface area contributed by atoms with Gasteiger partial charge >= 0.3 is 0 Å². The van der Waals surface area contributed by atoms with E-state index in [1.54, 1.807) is 12.1 Å². The summed E-state index contributed by atoms with van der Waals surface area (Å²) >= 11 is 10.3. The predicted molar refractivity (Wildman–Crippen MR) is 139 cm³/mol. The molecule has 0 aliphatic heterocycles. The zero-order chi connectivity index (χ0) is 23.1. The summed E-state index contributed by atoms with van der Waals surface area (Å²) in [6.45, 7) is 0. The second-order valence-electron chi connectivity index (χ2n) is 7.22. The van der Waals surface area contributed by atoms with Crippen molar-refractivity contribution in [3.63, 3.8) is 0 Å². The van der Waals surface area contributed by atoms with E-state index >= 15 is 0 Å². The van der Waals surface area contributed by atoms with Gasteiger partial charge in [0.15, 0.2) is 5.69 Å². The molecule has 0 aliphatic carbocycles. The normalized spacial score (nSPS) is 11.6. The Labute approximate surface area is 213 Å². The van der Waals surface area contributed by atoms with Gasteiger partial charge in [0.2, 0.25) is 5.88 Å². The molecule has 0 spiro atoms. The van der Waals surface area contributed by atoms with Gasteiger partial charge < -0.3 is 10.1 Å². The highest BCUT2D eigenvalue weighted by molar-refractivity contribution is 9.11. The molecule has 2 N–H and O–H groups in total. The Hall–Kier alpha value is -2.88. The molecule has 1 amide bonds. The lowest BCUT2D eigenvalue weighted by molar-refractivity contribution is 0.0996. The van der Waals surface area contributed by atoms with Gasteiger partial charge in [0.1, 0.15) is 0 Å². The second kappa shape index (κ2) is 8.81. The van der Waals surface area contributed by atoms with Crippen molar-refractivity contribution < 1.29 is 9.90 Å². The predicted octanol–water partition coefficient (Wildman–Crippen LogP) is 8.30. The van der Waals surface area contributed by atoms with Gasteiger partial charge in [-0.25, -0.2) is 4.98 Å². The molecule has 0 saturated heterocycles. The first-order chi connectivity index (χ1) is 15.9. The third-order valence-corrected chi connectivity index (χ3v) is 6.72. The van der Waals surface area contributed by atoms with Gasteiger partial charge in [0, 0.05) is 29.8 Å². The van der Waals surface area contributed by atoms with Gasteiger partial charge in [0.25, 0.3) is 5.91 Å². The Morgan fingerprint density at radius 3 is 2.45 bits per heavy atom. The molecule has 162 valence electrons. The average molecular weight is 629 g/mol. The number of fused-ring (bicyclic) bond motifs is 2. The lowest BCUT2D eigenvalue weighted by atomic mass is 10.0. The van der Waals surface area contributed by atoms with Crippen LogP contribution in [0.2, 0.25) is 0 Å². The molecule has 0 atom stereocenters. The molecule has 0 bridgehead atoms. The molecule has 9 heteroatoms. The van der Waals surface area contributed by atoms with Crippen LogP contribution < -0.4 is 0 Å². The number of H-pyrrole nitrogens is 1. The van der Waals surface area contributed by atoms with Crippen LogP contribution >= 0.6 is 47.8 Å². The SMILES string of the molecule is O=C(N=Nc1c(O)[nH]c2c(Br)cc(Br)cc12)c1cc(-c2ccc(Br)cc2)nc2ccccc12. The number of azo groups is 1. The van der Waals surface area contributed by atoms with Crippen molar-refractivity contribution in [2.24, 2.45) is 10.2 Å². The molecule has 2 heterocycles. The molecule has 0 saturated carbocycles. The first kappa shape index (κ1) is 21.9. The summed E-state index contributed by atoms with van der Waals surface area (Å²) < 4.78 is 2.49. The largest absolute Gasteiger partial charge is 0.493 e. The molecule has 0 aliphatic rings. The van der Waals surface area contributed by atoms with Gasteiger partial charge in [-0.05, 0) is 52.3 Å². The molecule has 5 rings (SSSR count). The zero-order valence-corrected chi connectivity index (χ0v) is 21.4. The maximum absolute atomic E-state index is 13.2. The van der Waals surface area contributed by atoms with E-state index in [4.69, 9.17) is 4.98 Å². The first-order valence-corrected chi connectivity index (χ1v) is 12.1. The quantitative estimate of drug-likeness (QED) is 0.197. The van der Waals surface area contributed by atoms with Crippen molar-refractivity contribution in [3.8, 4) is 17.1 Å². The van der Waals surface area contributed by atoms with E-state index in [2.05, 4.69) is 63.0 Å². The number of pyridine rings is 1. The Kier molecular flexibility index (Phi) is 5.86. The second-order valence-corrected chi connectivity index (χ2v) is 9.90. The zero-order valence-electron chi connectivity index (χ0n) is 16.7. The highest BCUT2D eigenvalue weighted by Gasteiger charge is 2.17. The molecular formula is C24H13Br3N4O2. The molecule has 5 aromatic rings. The number of aromatic nitrogens is 2. The van der Waals surface area contributed by atoms with Crippen LogP contribution in [-0.4, -0.2) is 21.0 Å². The molecule has 0 unspecified atom stereocenters. The van der Waals surface area contributed by atoms with Crippen molar-refractivity contribution in [1.82, 2.24) is 9.97 Å². The number of aromatic hydroxyl groups is 1.